The Hall–Kier alpha value is -0.480. The van der Waals surface area contributed by atoms with Gasteiger partial charge in [0, 0.05) is 31.6 Å². The van der Waals surface area contributed by atoms with Crippen molar-refractivity contribution in [3.63, 3.8) is 0 Å². The Balaban J connectivity index is 1.82. The van der Waals surface area contributed by atoms with E-state index >= 15 is 0 Å². The molecule has 1 aromatic heterocycles. The molecule has 0 spiro atoms. The van der Waals surface area contributed by atoms with Gasteiger partial charge in [0.15, 0.2) is 0 Å². The van der Waals surface area contributed by atoms with E-state index in [4.69, 9.17) is 0 Å². The van der Waals surface area contributed by atoms with Crippen LogP contribution in [-0.2, 0) is 13.6 Å². The average Bonchev–Trinajstić information content (AvgIpc) is 2.72. The van der Waals surface area contributed by atoms with Crippen LogP contribution in [0.2, 0.25) is 0 Å². The third kappa shape index (κ3) is 2.25. The second-order valence-corrected chi connectivity index (χ2v) is 4.54. The van der Waals surface area contributed by atoms with Gasteiger partial charge in [-0.05, 0) is 18.2 Å². The summed E-state index contributed by atoms with van der Waals surface area (Å²) >= 11 is 2.04. The number of thioether (sulfide) groups is 1. The monoisotopic (exact) mass is 197 g/mol. The van der Waals surface area contributed by atoms with Crippen molar-refractivity contribution in [2.45, 2.75) is 19.0 Å². The Labute approximate surface area is 82.9 Å². The highest BCUT2D eigenvalue weighted by molar-refractivity contribution is 7.99. The first-order valence-corrected chi connectivity index (χ1v) is 5.80. The fraction of sp³-hybridized carbons (Fsp3) is 0.667. The molecule has 72 valence electrons. The maximum atomic E-state index is 4.13. The van der Waals surface area contributed by atoms with Crippen LogP contribution < -0.4 is 5.32 Å². The first kappa shape index (κ1) is 9.09. The van der Waals surface area contributed by atoms with E-state index < -0.39 is 0 Å². The topological polar surface area (TPSA) is 29.9 Å². The van der Waals surface area contributed by atoms with E-state index in [1.807, 2.05) is 29.7 Å². The molecule has 4 heteroatoms. The molecule has 1 unspecified atom stereocenters. The van der Waals surface area contributed by atoms with Gasteiger partial charge >= 0.3 is 0 Å². The summed E-state index contributed by atoms with van der Waals surface area (Å²) in [6.45, 7) is 0.946. The van der Waals surface area contributed by atoms with Gasteiger partial charge in [-0.1, -0.05) is 0 Å². The predicted octanol–water partition coefficient (Wildman–Crippen LogP) is 1.02. The van der Waals surface area contributed by atoms with Crippen LogP contribution in [0.1, 0.15) is 12.1 Å². The van der Waals surface area contributed by atoms with Crippen LogP contribution in [0.15, 0.2) is 12.3 Å². The fourth-order valence-electron chi connectivity index (χ4n) is 1.52. The van der Waals surface area contributed by atoms with Crippen LogP contribution >= 0.6 is 11.8 Å². The minimum atomic E-state index is 0.708. The van der Waals surface area contributed by atoms with Crippen molar-refractivity contribution in [2.24, 2.45) is 7.05 Å². The van der Waals surface area contributed by atoms with Crippen molar-refractivity contribution in [1.82, 2.24) is 15.1 Å². The number of rotatable bonds is 3. The number of hydrogen-bond acceptors (Lipinski definition) is 3. The molecule has 0 radical (unpaired) electrons. The lowest BCUT2D eigenvalue weighted by Crippen LogP contribution is -2.28. The summed E-state index contributed by atoms with van der Waals surface area (Å²) in [7, 11) is 1.99. The van der Waals surface area contributed by atoms with Crippen molar-refractivity contribution < 1.29 is 0 Å². The molecular weight excluding hydrogens is 182 g/mol. The molecule has 1 N–H and O–H groups in total. The van der Waals surface area contributed by atoms with Gasteiger partial charge in [-0.2, -0.15) is 16.9 Å². The first-order chi connectivity index (χ1) is 6.36. The van der Waals surface area contributed by atoms with Crippen LogP contribution in [0.3, 0.4) is 0 Å². The summed E-state index contributed by atoms with van der Waals surface area (Å²) in [4.78, 5) is 0. The third-order valence-electron chi connectivity index (χ3n) is 2.42. The van der Waals surface area contributed by atoms with Gasteiger partial charge in [-0.15, -0.1) is 0 Å². The van der Waals surface area contributed by atoms with Crippen molar-refractivity contribution in [3.05, 3.63) is 18.0 Å². The van der Waals surface area contributed by atoms with Crippen LogP contribution in [0, 0.1) is 0 Å². The van der Waals surface area contributed by atoms with Gasteiger partial charge in [0.2, 0.25) is 0 Å². The molecule has 0 aliphatic carbocycles. The summed E-state index contributed by atoms with van der Waals surface area (Å²) in [6, 6.07) is 2.77. The molecule has 2 rings (SSSR count). The zero-order valence-electron chi connectivity index (χ0n) is 7.86. The minimum Gasteiger partial charge on any atom is -0.308 e. The Morgan fingerprint density at radius 1 is 1.77 bits per heavy atom. The standard InChI is InChI=1S/C9H15N3S/c1-12-9(2-4-11-12)6-10-8-3-5-13-7-8/h2,4,8,10H,3,5-7H2,1H3. The van der Waals surface area contributed by atoms with Crippen LogP contribution in [-0.4, -0.2) is 27.3 Å². The molecule has 1 aliphatic heterocycles. The number of hydrogen-bond donors (Lipinski definition) is 1. The predicted molar refractivity (Wildman–Crippen MR) is 55.8 cm³/mol. The molecule has 1 aromatic rings. The molecule has 1 saturated heterocycles. The molecular formula is C9H15N3S. The SMILES string of the molecule is Cn1nccc1CNC1CCSC1. The maximum Gasteiger partial charge on any atom is 0.0518 e. The molecule has 0 saturated carbocycles. The summed E-state index contributed by atoms with van der Waals surface area (Å²) in [5.41, 5.74) is 1.26. The zero-order chi connectivity index (χ0) is 9.10. The van der Waals surface area contributed by atoms with Gasteiger partial charge in [0.1, 0.15) is 0 Å². The molecule has 1 fully saturated rings. The van der Waals surface area contributed by atoms with Gasteiger partial charge in [-0.25, -0.2) is 0 Å². The van der Waals surface area contributed by atoms with E-state index in [1.165, 1.54) is 23.6 Å². The Bertz CT molecular complexity index is 266. The van der Waals surface area contributed by atoms with Crippen LogP contribution in [0.4, 0.5) is 0 Å². The highest BCUT2D eigenvalue weighted by atomic mass is 32.2. The number of nitrogens with one attached hydrogen (secondary N) is 1. The highest BCUT2D eigenvalue weighted by Crippen LogP contribution is 2.17. The lowest BCUT2D eigenvalue weighted by atomic mass is 10.2. The molecule has 2 heterocycles. The lowest BCUT2D eigenvalue weighted by Gasteiger charge is -2.10. The molecule has 3 nitrogen and oxygen atoms in total. The Kier molecular flexibility index (Phi) is 2.90. The van der Waals surface area contributed by atoms with E-state index in [1.54, 1.807) is 0 Å². The zero-order valence-corrected chi connectivity index (χ0v) is 8.68. The van der Waals surface area contributed by atoms with E-state index in [2.05, 4.69) is 16.5 Å². The van der Waals surface area contributed by atoms with Crippen molar-refractivity contribution in [1.29, 1.82) is 0 Å². The number of aromatic nitrogens is 2. The van der Waals surface area contributed by atoms with Gasteiger partial charge in [0.25, 0.3) is 0 Å². The summed E-state index contributed by atoms with van der Waals surface area (Å²) in [6.07, 6.45) is 3.16. The largest absolute Gasteiger partial charge is 0.308 e. The fourth-order valence-corrected chi connectivity index (χ4v) is 2.71. The smallest absolute Gasteiger partial charge is 0.0518 e. The maximum absolute atomic E-state index is 4.13. The highest BCUT2D eigenvalue weighted by Gasteiger charge is 2.14. The molecule has 0 aromatic carbocycles. The molecule has 1 aliphatic rings. The number of aryl methyl sites for hydroxylation is 1. The second kappa shape index (κ2) is 4.15. The lowest BCUT2D eigenvalue weighted by molar-refractivity contribution is 0.536. The van der Waals surface area contributed by atoms with E-state index in [0.29, 0.717) is 6.04 Å². The minimum absolute atomic E-state index is 0.708. The van der Waals surface area contributed by atoms with Crippen LogP contribution in [0.25, 0.3) is 0 Å². The normalized spacial score (nSPS) is 22.4. The van der Waals surface area contributed by atoms with Gasteiger partial charge in [0.05, 0.1) is 5.69 Å². The summed E-state index contributed by atoms with van der Waals surface area (Å²) in [5.74, 6) is 2.57. The van der Waals surface area contributed by atoms with Crippen molar-refractivity contribution >= 4 is 11.8 Å². The second-order valence-electron chi connectivity index (χ2n) is 3.39. The van der Waals surface area contributed by atoms with E-state index in [9.17, 15) is 0 Å². The molecule has 1 atom stereocenters. The van der Waals surface area contributed by atoms with Crippen molar-refractivity contribution in [2.75, 3.05) is 11.5 Å². The number of nitrogens with zero attached hydrogens (tertiary/aromatic N) is 2. The van der Waals surface area contributed by atoms with Gasteiger partial charge < -0.3 is 5.32 Å². The van der Waals surface area contributed by atoms with Gasteiger partial charge in [-0.3, -0.25) is 4.68 Å². The molecule has 13 heavy (non-hydrogen) atoms. The van der Waals surface area contributed by atoms with Crippen LogP contribution in [0.5, 0.6) is 0 Å². The first-order valence-electron chi connectivity index (χ1n) is 4.64. The molecule has 0 amide bonds. The third-order valence-corrected chi connectivity index (χ3v) is 3.59. The van der Waals surface area contributed by atoms with E-state index in [-0.39, 0.29) is 0 Å². The molecule has 0 bridgehead atoms. The Morgan fingerprint density at radius 2 is 2.69 bits per heavy atom. The summed E-state index contributed by atoms with van der Waals surface area (Å²) < 4.78 is 1.93. The van der Waals surface area contributed by atoms with Crippen molar-refractivity contribution in [3.8, 4) is 0 Å². The van der Waals surface area contributed by atoms with E-state index in [0.717, 1.165) is 6.54 Å². The Morgan fingerprint density at radius 3 is 3.31 bits per heavy atom. The quantitative estimate of drug-likeness (QED) is 0.784. The summed E-state index contributed by atoms with van der Waals surface area (Å²) in [5, 5.41) is 7.68. The average molecular weight is 197 g/mol.